The predicted molar refractivity (Wildman–Crippen MR) is 138 cm³/mol. The summed E-state index contributed by atoms with van der Waals surface area (Å²) in [5, 5.41) is 16.1. The minimum absolute atomic E-state index is 0.0882. The first-order valence-electron chi connectivity index (χ1n) is 11.3. The molecular weight excluding hydrogens is 478 g/mol. The van der Waals surface area contributed by atoms with Crippen LogP contribution in [0.1, 0.15) is 30.9 Å². The van der Waals surface area contributed by atoms with Crippen LogP contribution in [-0.4, -0.2) is 34.8 Å². The average Bonchev–Trinajstić information content (AvgIpc) is 3.29. The second-order valence-electron chi connectivity index (χ2n) is 8.88. The van der Waals surface area contributed by atoms with Crippen LogP contribution in [0.5, 0.6) is 5.88 Å². The Kier molecular flexibility index (Phi) is 6.03. The van der Waals surface area contributed by atoms with E-state index in [9.17, 15) is 5.11 Å². The number of benzene rings is 1. The zero-order valence-electron chi connectivity index (χ0n) is 20.0. The maximum Gasteiger partial charge on any atom is 0.258 e. The average molecular weight is 502 g/mol. The molecule has 5 rings (SSSR count). The van der Waals surface area contributed by atoms with E-state index in [1.165, 1.54) is 0 Å². The van der Waals surface area contributed by atoms with Gasteiger partial charge in [0.2, 0.25) is 0 Å². The molecule has 0 unspecified atom stereocenters. The van der Waals surface area contributed by atoms with Gasteiger partial charge in [-0.3, -0.25) is 9.97 Å². The van der Waals surface area contributed by atoms with Gasteiger partial charge in [0.05, 0.1) is 27.6 Å². The molecule has 4 aromatic heterocycles. The fourth-order valence-corrected chi connectivity index (χ4v) is 4.02. The van der Waals surface area contributed by atoms with E-state index in [0.29, 0.717) is 39.0 Å². The Morgan fingerprint density at radius 1 is 1.08 bits per heavy atom. The van der Waals surface area contributed by atoms with Crippen molar-refractivity contribution in [3.05, 3.63) is 83.0 Å². The first kappa shape index (κ1) is 23.7. The highest BCUT2D eigenvalue weighted by Gasteiger charge is 2.20. The van der Waals surface area contributed by atoms with Gasteiger partial charge >= 0.3 is 0 Å². The van der Waals surface area contributed by atoms with Gasteiger partial charge in [0.1, 0.15) is 17.9 Å². The molecular formula is C26H24ClN7O2. The van der Waals surface area contributed by atoms with Crippen molar-refractivity contribution in [1.82, 2.24) is 29.7 Å². The number of ether oxygens (including phenoxy) is 1. The quantitative estimate of drug-likeness (QED) is 0.345. The molecule has 0 radical (unpaired) electrons. The monoisotopic (exact) mass is 501 g/mol. The third-order valence-corrected chi connectivity index (χ3v) is 5.82. The van der Waals surface area contributed by atoms with Gasteiger partial charge in [-0.2, -0.15) is 5.10 Å². The number of aryl methyl sites for hydroxylation is 1. The van der Waals surface area contributed by atoms with Crippen molar-refractivity contribution in [2.75, 3.05) is 5.73 Å². The molecule has 0 bridgehead atoms. The number of nitrogen functional groups attached to an aromatic ring is 1. The van der Waals surface area contributed by atoms with Crippen LogP contribution in [0.4, 0.5) is 5.82 Å². The van der Waals surface area contributed by atoms with E-state index in [1.54, 1.807) is 49.1 Å². The minimum Gasteiger partial charge on any atom is -0.469 e. The van der Waals surface area contributed by atoms with Gasteiger partial charge in [-0.25, -0.2) is 14.6 Å². The molecule has 0 atom stereocenters. The Morgan fingerprint density at radius 2 is 1.92 bits per heavy atom. The van der Waals surface area contributed by atoms with Crippen LogP contribution in [0.2, 0.25) is 5.02 Å². The molecule has 4 heterocycles. The van der Waals surface area contributed by atoms with Crippen LogP contribution in [-0.2, 0) is 12.2 Å². The van der Waals surface area contributed by atoms with Crippen LogP contribution in [0, 0.1) is 6.92 Å². The summed E-state index contributed by atoms with van der Waals surface area (Å²) in [4.78, 5) is 18.2. The van der Waals surface area contributed by atoms with Crippen molar-refractivity contribution in [2.24, 2.45) is 0 Å². The summed E-state index contributed by atoms with van der Waals surface area (Å²) in [6.07, 6.45) is 3.49. The molecule has 1 aromatic carbocycles. The number of nitrogens with two attached hydrogens (primary N) is 1. The lowest BCUT2D eigenvalue weighted by molar-refractivity contribution is 0.0734. The van der Waals surface area contributed by atoms with Crippen molar-refractivity contribution >= 4 is 28.3 Å². The number of anilines is 1. The van der Waals surface area contributed by atoms with Crippen molar-refractivity contribution in [3.8, 4) is 23.0 Å². The molecule has 0 saturated heterocycles. The van der Waals surface area contributed by atoms with Gasteiger partial charge in [0.15, 0.2) is 11.6 Å². The molecule has 36 heavy (non-hydrogen) atoms. The number of rotatable bonds is 6. The lowest BCUT2D eigenvalue weighted by atomic mass is 10.0. The van der Waals surface area contributed by atoms with Gasteiger partial charge in [-0.05, 0) is 57.2 Å². The van der Waals surface area contributed by atoms with E-state index in [2.05, 4.69) is 20.1 Å². The number of aliphatic hydroxyl groups is 1. The number of halogens is 1. The lowest BCUT2D eigenvalue weighted by Crippen LogP contribution is -2.18. The van der Waals surface area contributed by atoms with E-state index < -0.39 is 5.60 Å². The second kappa shape index (κ2) is 9.18. The van der Waals surface area contributed by atoms with Gasteiger partial charge < -0.3 is 15.6 Å². The molecule has 0 aliphatic heterocycles. The number of pyridine rings is 2. The Morgan fingerprint density at radius 3 is 2.67 bits per heavy atom. The Balaban J connectivity index is 1.58. The highest BCUT2D eigenvalue weighted by molar-refractivity contribution is 6.35. The van der Waals surface area contributed by atoms with E-state index in [0.717, 1.165) is 11.1 Å². The lowest BCUT2D eigenvalue weighted by Gasteiger charge is -2.17. The van der Waals surface area contributed by atoms with Gasteiger partial charge in [-0.1, -0.05) is 23.7 Å². The molecule has 0 fully saturated rings. The van der Waals surface area contributed by atoms with Gasteiger partial charge in [0.25, 0.3) is 5.88 Å². The molecule has 10 heteroatoms. The smallest absolute Gasteiger partial charge is 0.258 e. The molecule has 182 valence electrons. The molecule has 0 saturated carbocycles. The van der Waals surface area contributed by atoms with Crippen molar-refractivity contribution in [1.29, 1.82) is 0 Å². The van der Waals surface area contributed by atoms with Crippen LogP contribution in [0.3, 0.4) is 0 Å². The number of aromatic nitrogens is 6. The second-order valence-corrected chi connectivity index (χ2v) is 9.29. The van der Waals surface area contributed by atoms with Crippen molar-refractivity contribution in [3.63, 3.8) is 0 Å². The third kappa shape index (κ3) is 4.71. The van der Waals surface area contributed by atoms with Crippen LogP contribution >= 0.6 is 11.6 Å². The van der Waals surface area contributed by atoms with Crippen molar-refractivity contribution < 1.29 is 9.84 Å². The summed E-state index contributed by atoms with van der Waals surface area (Å²) in [5.41, 5.74) is 9.05. The zero-order chi connectivity index (χ0) is 25.4. The standard InChI is InChI=1S/C26H24ClN7O2/c1-15-9-11-34(33-15)24-22(17-12-16-6-5-10-29-21(16)19(27)13-17)31-25(23(28)32-24)36-14-18-7-4-8-20(30-18)26(2,3)35/h4-13,35H,14H2,1-3H3,(H2,28,32). The van der Waals surface area contributed by atoms with E-state index in [1.807, 2.05) is 37.3 Å². The third-order valence-electron chi connectivity index (χ3n) is 5.53. The van der Waals surface area contributed by atoms with E-state index in [-0.39, 0.29) is 18.3 Å². The maximum absolute atomic E-state index is 10.3. The molecule has 0 aliphatic rings. The molecule has 0 aliphatic carbocycles. The summed E-state index contributed by atoms with van der Waals surface area (Å²) in [6.45, 7) is 5.33. The molecule has 0 spiro atoms. The topological polar surface area (TPSA) is 125 Å². The SMILES string of the molecule is Cc1ccn(-c2nc(N)c(OCc3cccc(C(C)(C)O)n3)nc2-c2cc(Cl)c3ncccc3c2)n1. The predicted octanol–water partition coefficient (Wildman–Crippen LogP) is 4.62. The molecule has 3 N–H and O–H groups in total. The maximum atomic E-state index is 10.3. The number of hydrogen-bond donors (Lipinski definition) is 2. The largest absolute Gasteiger partial charge is 0.469 e. The summed E-state index contributed by atoms with van der Waals surface area (Å²) in [5.74, 6) is 0.694. The van der Waals surface area contributed by atoms with Gasteiger partial charge in [-0.15, -0.1) is 0 Å². The molecule has 5 aromatic rings. The normalized spacial score (nSPS) is 11.7. The number of fused-ring (bicyclic) bond motifs is 1. The van der Waals surface area contributed by atoms with Crippen LogP contribution in [0.15, 0.2) is 60.9 Å². The van der Waals surface area contributed by atoms with E-state index >= 15 is 0 Å². The number of nitrogens with zero attached hydrogens (tertiary/aromatic N) is 6. The first-order chi connectivity index (χ1) is 17.2. The Hall–Kier alpha value is -4.08. The Bertz CT molecular complexity index is 1580. The highest BCUT2D eigenvalue weighted by atomic mass is 35.5. The summed E-state index contributed by atoms with van der Waals surface area (Å²) in [6, 6.07) is 14.7. The summed E-state index contributed by atoms with van der Waals surface area (Å²) >= 11 is 6.56. The minimum atomic E-state index is -1.07. The summed E-state index contributed by atoms with van der Waals surface area (Å²) < 4.78 is 7.57. The Labute approximate surface area is 212 Å². The zero-order valence-corrected chi connectivity index (χ0v) is 20.7. The summed E-state index contributed by atoms with van der Waals surface area (Å²) in [7, 11) is 0. The fraction of sp³-hybridized carbons (Fsp3) is 0.192. The molecule has 9 nitrogen and oxygen atoms in total. The van der Waals surface area contributed by atoms with Crippen LogP contribution < -0.4 is 10.5 Å². The van der Waals surface area contributed by atoms with Crippen LogP contribution in [0.25, 0.3) is 28.0 Å². The number of hydrogen-bond acceptors (Lipinski definition) is 8. The first-order valence-corrected chi connectivity index (χ1v) is 11.6. The fourth-order valence-electron chi connectivity index (χ4n) is 3.74. The molecule has 0 amide bonds. The van der Waals surface area contributed by atoms with Gasteiger partial charge in [0, 0.05) is 23.3 Å². The highest BCUT2D eigenvalue weighted by Crippen LogP contribution is 2.34. The van der Waals surface area contributed by atoms with E-state index in [4.69, 9.17) is 27.1 Å². The van der Waals surface area contributed by atoms with Crippen molar-refractivity contribution in [2.45, 2.75) is 33.0 Å².